The first-order chi connectivity index (χ1) is 37.1. The maximum absolute atomic E-state index is 12.9. The predicted molar refractivity (Wildman–Crippen MR) is 283 cm³/mol. The fourth-order valence-corrected chi connectivity index (χ4v) is 8.86. The summed E-state index contributed by atoms with van der Waals surface area (Å²) >= 11 is 0. The summed E-state index contributed by atoms with van der Waals surface area (Å²) in [5.41, 5.74) is 0.499. The number of benzene rings is 6. The molecule has 0 amide bonds. The largest absolute Gasteiger partial charge is 0.480 e. The minimum atomic E-state index is -0.769. The summed E-state index contributed by atoms with van der Waals surface area (Å²) in [4.78, 5) is 105. The molecule has 3 unspecified atom stereocenters. The molecule has 3 N–H and O–H groups in total. The number of Topliss-reactive ketones (excluding diaryl/α,β-unsaturated/α-hetero) is 3. The number of nitro benzene ring substituents is 3. The van der Waals surface area contributed by atoms with Crippen molar-refractivity contribution in [2.24, 2.45) is 0 Å². The van der Waals surface area contributed by atoms with Crippen molar-refractivity contribution >= 4 is 67.3 Å². The van der Waals surface area contributed by atoms with E-state index in [0.29, 0.717) is 16.7 Å². The maximum Gasteiger partial charge on any atom is 0.290 e. The number of carbonyl (C=O) groups is 3. The van der Waals surface area contributed by atoms with Gasteiger partial charge in [-0.25, -0.2) is 0 Å². The molecule has 3 heterocycles. The van der Waals surface area contributed by atoms with Crippen molar-refractivity contribution in [3.63, 3.8) is 0 Å². The fourth-order valence-electron chi connectivity index (χ4n) is 8.86. The van der Waals surface area contributed by atoms with Crippen LogP contribution in [0.1, 0.15) is 91.2 Å². The molecular weight excluding hydrogens is 1160 g/mol. The molecule has 400 valence electrons. The van der Waals surface area contributed by atoms with Crippen molar-refractivity contribution in [1.82, 2.24) is 0 Å². The monoisotopic (exact) mass is 1200 g/mol. The van der Waals surface area contributed by atoms with E-state index < -0.39 is 66.6 Å². The molecule has 9 aromatic rings. The molecule has 0 saturated carbocycles. The summed E-state index contributed by atoms with van der Waals surface area (Å²) in [6.45, 7) is 4.12. The fraction of sp³-hybridized carbons (Fsp3) is 0.158. The van der Waals surface area contributed by atoms with Crippen molar-refractivity contribution in [2.75, 3.05) is 0 Å². The zero-order chi connectivity index (χ0) is 56.5. The summed E-state index contributed by atoms with van der Waals surface area (Å²) in [5, 5.41) is 64.2. The van der Waals surface area contributed by atoms with Crippen LogP contribution in [0, 0.1) is 71.2 Å². The molecule has 6 aromatic carbocycles. The number of non-ortho nitro benzene ring substituents is 3. The van der Waals surface area contributed by atoms with E-state index in [2.05, 4.69) is 0 Å². The van der Waals surface area contributed by atoms with Crippen LogP contribution in [0.5, 0.6) is 17.8 Å². The van der Waals surface area contributed by atoms with Crippen LogP contribution in [0.2, 0.25) is 0 Å². The summed E-state index contributed by atoms with van der Waals surface area (Å²) < 4.78 is 16.1. The van der Waals surface area contributed by atoms with Gasteiger partial charge in [0.1, 0.15) is 34.1 Å². The second-order valence-corrected chi connectivity index (χ2v) is 17.9. The van der Waals surface area contributed by atoms with Crippen molar-refractivity contribution < 1.29 is 98.6 Å². The molecule has 0 fully saturated rings. The zero-order valence-electron chi connectivity index (χ0n) is 42.0. The third-order valence-corrected chi connectivity index (χ3v) is 12.5. The van der Waals surface area contributed by atoms with E-state index in [1.807, 2.05) is 0 Å². The topological polar surface area (TPSA) is 332 Å². The number of rotatable bonds is 15. The van der Waals surface area contributed by atoms with E-state index in [1.54, 1.807) is 72.8 Å². The van der Waals surface area contributed by atoms with Gasteiger partial charge in [0.25, 0.3) is 34.9 Å². The number of fused-ring (bicyclic) bond motifs is 3. The van der Waals surface area contributed by atoms with Crippen LogP contribution in [0.4, 0.5) is 17.1 Å². The van der Waals surface area contributed by atoms with Gasteiger partial charge in [-0.3, -0.25) is 59.1 Å². The smallest absolute Gasteiger partial charge is 0.290 e. The van der Waals surface area contributed by atoms with Gasteiger partial charge < -0.3 is 28.6 Å². The number of ketones is 3. The van der Waals surface area contributed by atoms with Crippen LogP contribution in [0.25, 0.3) is 32.9 Å². The number of aromatic hydroxyl groups is 3. The first-order valence-corrected chi connectivity index (χ1v) is 23.6. The molecule has 0 radical (unpaired) electrons. The Morgan fingerprint density at radius 1 is 0.405 bits per heavy atom. The quantitative estimate of drug-likeness (QED) is 0.0634. The van der Waals surface area contributed by atoms with Crippen molar-refractivity contribution in [3.8, 4) is 17.8 Å². The van der Waals surface area contributed by atoms with Gasteiger partial charge in [0.15, 0.2) is 0 Å². The standard InChI is InChI=1S/3C19H15NO6.Nd/c3*1-11(21)10-15(12-6-8-13(9-7-12)20(24)25)17-18(22)14-4-2-3-5-16(14)26-19(17)23;/h3*2-9,15,23H,10H2,1H3;. The molecule has 0 spiro atoms. The van der Waals surface area contributed by atoms with E-state index in [9.17, 15) is 74.4 Å². The zero-order valence-corrected chi connectivity index (χ0v) is 45.2. The molecule has 0 aliphatic carbocycles. The van der Waals surface area contributed by atoms with Crippen molar-refractivity contribution in [1.29, 1.82) is 0 Å². The molecule has 0 aliphatic rings. The number of nitro groups is 3. The van der Waals surface area contributed by atoms with Crippen LogP contribution in [0.15, 0.2) is 173 Å². The van der Waals surface area contributed by atoms with E-state index in [-0.39, 0.29) is 144 Å². The van der Waals surface area contributed by atoms with Crippen LogP contribution in [-0.4, -0.2) is 47.4 Å². The van der Waals surface area contributed by atoms with Crippen molar-refractivity contribution in [3.05, 3.63) is 240 Å². The second kappa shape index (κ2) is 25.8. The van der Waals surface area contributed by atoms with E-state index in [1.165, 1.54) is 93.6 Å². The number of hydrogen-bond acceptors (Lipinski definition) is 18. The Morgan fingerprint density at radius 3 is 0.823 bits per heavy atom. The first kappa shape index (κ1) is 59.2. The van der Waals surface area contributed by atoms with Gasteiger partial charge in [-0.05, 0) is 73.9 Å². The molecular formula is C57H45N3NdO18. The summed E-state index contributed by atoms with van der Waals surface area (Å²) in [5.74, 6) is -4.56. The minimum absolute atomic E-state index is 0. The summed E-state index contributed by atoms with van der Waals surface area (Å²) in [7, 11) is 0. The average Bonchev–Trinajstić information content (AvgIpc) is 3.53. The Kier molecular flexibility index (Phi) is 19.3. The number of carbonyl (C=O) groups excluding carboxylic acids is 3. The Morgan fingerprint density at radius 2 is 0.620 bits per heavy atom. The number of hydrogen-bond donors (Lipinski definition) is 3. The second-order valence-electron chi connectivity index (χ2n) is 17.9. The number of para-hydroxylation sites is 3. The molecule has 0 aliphatic heterocycles. The molecule has 79 heavy (non-hydrogen) atoms. The van der Waals surface area contributed by atoms with Gasteiger partial charge in [-0.15, -0.1) is 0 Å². The SMILES string of the molecule is CC(=O)CC(c1ccc([N+](=O)[O-])cc1)c1c(O)oc2ccccc2c1=O.CC(=O)CC(c1ccc([N+](=O)[O-])cc1)c1c(O)oc2ccccc2c1=O.CC(=O)CC(c1ccc([N+](=O)[O-])cc1)c1c(O)oc2ccccc2c1=O.[Nd]. The van der Waals surface area contributed by atoms with Gasteiger partial charge >= 0.3 is 0 Å². The molecule has 21 nitrogen and oxygen atoms in total. The minimum Gasteiger partial charge on any atom is -0.480 e. The maximum atomic E-state index is 12.9. The van der Waals surface area contributed by atoms with Gasteiger partial charge in [0.2, 0.25) is 16.3 Å². The molecule has 9 rings (SSSR count). The predicted octanol–water partition coefficient (Wildman–Crippen LogP) is 10.6. The van der Waals surface area contributed by atoms with Gasteiger partial charge in [0.05, 0.1) is 47.6 Å². The summed E-state index contributed by atoms with van der Waals surface area (Å²) in [6, 6.07) is 36.0. The van der Waals surface area contributed by atoms with Gasteiger partial charge in [-0.1, -0.05) is 72.8 Å². The van der Waals surface area contributed by atoms with Crippen LogP contribution in [-0.2, 0) is 14.4 Å². The van der Waals surface area contributed by atoms with Crippen molar-refractivity contribution in [2.45, 2.75) is 57.8 Å². The van der Waals surface area contributed by atoms with Crippen LogP contribution < -0.4 is 16.3 Å². The molecule has 22 heteroatoms. The van der Waals surface area contributed by atoms with Gasteiger partial charge in [-0.2, -0.15) is 0 Å². The molecule has 0 saturated heterocycles. The first-order valence-electron chi connectivity index (χ1n) is 23.6. The Hall–Kier alpha value is -9.09. The van der Waals surface area contributed by atoms with E-state index in [0.717, 1.165) is 0 Å². The molecule has 3 aromatic heterocycles. The van der Waals surface area contributed by atoms with Crippen LogP contribution in [0.3, 0.4) is 0 Å². The Bertz CT molecular complexity index is 3570. The molecule has 0 bridgehead atoms. The number of nitrogens with zero attached hydrogens (tertiary/aromatic N) is 3. The normalized spacial score (nSPS) is 11.9. The van der Waals surface area contributed by atoms with E-state index in [4.69, 9.17) is 13.3 Å². The van der Waals surface area contributed by atoms with Crippen LogP contribution >= 0.6 is 0 Å². The summed E-state index contributed by atoms with van der Waals surface area (Å²) in [6.07, 6.45) is -0.141. The third kappa shape index (κ3) is 13.7. The third-order valence-electron chi connectivity index (χ3n) is 12.5. The Balaban J connectivity index is 0.000000190. The van der Waals surface area contributed by atoms with Gasteiger partial charge in [0, 0.05) is 114 Å². The average molecular weight is 1200 g/mol. The van der Waals surface area contributed by atoms with E-state index >= 15 is 0 Å². The molecule has 3 atom stereocenters. The Labute approximate surface area is 478 Å².